The lowest BCUT2D eigenvalue weighted by Crippen LogP contribution is -2.06. The summed E-state index contributed by atoms with van der Waals surface area (Å²) in [6.07, 6.45) is 0. The van der Waals surface area contributed by atoms with Gasteiger partial charge in [0.2, 0.25) is 0 Å². The summed E-state index contributed by atoms with van der Waals surface area (Å²) in [7, 11) is 3.23. The van der Waals surface area contributed by atoms with E-state index in [-0.39, 0.29) is 6.04 Å². The van der Waals surface area contributed by atoms with Crippen LogP contribution < -0.4 is 15.2 Å². The number of nitrogens with two attached hydrogens (primary N) is 1. The van der Waals surface area contributed by atoms with Crippen molar-refractivity contribution in [1.29, 1.82) is 0 Å². The molecule has 16 heavy (non-hydrogen) atoms. The number of imidazole rings is 1. The van der Waals surface area contributed by atoms with E-state index in [1.807, 2.05) is 19.1 Å². The van der Waals surface area contributed by atoms with Gasteiger partial charge in [0.1, 0.15) is 28.4 Å². The zero-order chi connectivity index (χ0) is 11.7. The van der Waals surface area contributed by atoms with Crippen LogP contribution in [0.1, 0.15) is 18.8 Å². The predicted octanol–water partition coefficient (Wildman–Crippen LogP) is 1.60. The molecule has 1 aromatic carbocycles. The molecule has 0 saturated heterocycles. The van der Waals surface area contributed by atoms with Crippen LogP contribution in [0.25, 0.3) is 11.0 Å². The number of hydrogen-bond acceptors (Lipinski definition) is 4. The zero-order valence-corrected chi connectivity index (χ0v) is 9.57. The summed E-state index contributed by atoms with van der Waals surface area (Å²) in [5.74, 6) is 2.16. The maximum absolute atomic E-state index is 5.79. The third-order valence-electron chi connectivity index (χ3n) is 2.46. The maximum Gasteiger partial charge on any atom is 0.146 e. The summed E-state index contributed by atoms with van der Waals surface area (Å²) in [4.78, 5) is 7.55. The van der Waals surface area contributed by atoms with E-state index in [0.29, 0.717) is 5.75 Å². The van der Waals surface area contributed by atoms with E-state index in [2.05, 4.69) is 9.97 Å². The molecule has 0 aliphatic heterocycles. The Kier molecular flexibility index (Phi) is 2.70. The normalized spacial score (nSPS) is 12.8. The van der Waals surface area contributed by atoms with Gasteiger partial charge in [-0.1, -0.05) is 0 Å². The summed E-state index contributed by atoms with van der Waals surface area (Å²) in [6, 6.07) is 3.51. The molecule has 5 heteroatoms. The van der Waals surface area contributed by atoms with Crippen LogP contribution in [0.2, 0.25) is 0 Å². The van der Waals surface area contributed by atoms with E-state index in [1.54, 1.807) is 14.2 Å². The first-order chi connectivity index (χ1) is 7.67. The molecule has 86 valence electrons. The van der Waals surface area contributed by atoms with Gasteiger partial charge in [0.15, 0.2) is 0 Å². The Bertz CT molecular complexity index is 464. The lowest BCUT2D eigenvalue weighted by molar-refractivity contribution is 0.409. The largest absolute Gasteiger partial charge is 0.494 e. The highest BCUT2D eigenvalue weighted by molar-refractivity contribution is 5.87. The maximum atomic E-state index is 5.79. The third kappa shape index (κ3) is 1.59. The number of fused-ring (bicyclic) bond motifs is 1. The molecule has 0 spiro atoms. The lowest BCUT2D eigenvalue weighted by Gasteiger charge is -2.04. The monoisotopic (exact) mass is 221 g/mol. The third-order valence-corrected chi connectivity index (χ3v) is 2.46. The second-order valence-electron chi connectivity index (χ2n) is 3.60. The van der Waals surface area contributed by atoms with E-state index in [4.69, 9.17) is 15.2 Å². The van der Waals surface area contributed by atoms with Crippen molar-refractivity contribution in [3.63, 3.8) is 0 Å². The topological polar surface area (TPSA) is 73.2 Å². The Labute approximate surface area is 93.6 Å². The summed E-state index contributed by atoms with van der Waals surface area (Å²) in [5.41, 5.74) is 7.34. The molecule has 2 rings (SSSR count). The number of ether oxygens (including phenoxy) is 2. The molecule has 0 amide bonds. The van der Waals surface area contributed by atoms with Crippen LogP contribution in [0, 0.1) is 0 Å². The summed E-state index contributed by atoms with van der Waals surface area (Å²) in [6.45, 7) is 1.87. The number of hydrogen-bond donors (Lipinski definition) is 2. The van der Waals surface area contributed by atoms with Gasteiger partial charge in [-0.2, -0.15) is 0 Å². The lowest BCUT2D eigenvalue weighted by atomic mass is 10.2. The molecule has 0 radical (unpaired) electrons. The number of aromatic nitrogens is 2. The Morgan fingerprint density at radius 3 is 2.44 bits per heavy atom. The molecule has 0 aliphatic rings. The quantitative estimate of drug-likeness (QED) is 0.825. The zero-order valence-electron chi connectivity index (χ0n) is 9.57. The van der Waals surface area contributed by atoms with E-state index < -0.39 is 0 Å². The van der Waals surface area contributed by atoms with Gasteiger partial charge in [-0.25, -0.2) is 4.98 Å². The SMILES string of the molecule is COc1ccc(OC)c2[nH]c(C(C)N)nc12. The van der Waals surface area contributed by atoms with Crippen LogP contribution in [-0.2, 0) is 0 Å². The van der Waals surface area contributed by atoms with Crippen molar-refractivity contribution >= 4 is 11.0 Å². The molecule has 1 aromatic heterocycles. The number of H-pyrrole nitrogens is 1. The van der Waals surface area contributed by atoms with Crippen molar-refractivity contribution in [2.75, 3.05) is 14.2 Å². The molecular weight excluding hydrogens is 206 g/mol. The average molecular weight is 221 g/mol. The van der Waals surface area contributed by atoms with Crippen molar-refractivity contribution < 1.29 is 9.47 Å². The van der Waals surface area contributed by atoms with Crippen molar-refractivity contribution in [3.8, 4) is 11.5 Å². The van der Waals surface area contributed by atoms with E-state index >= 15 is 0 Å². The Hall–Kier alpha value is -1.75. The number of nitrogens with zero attached hydrogens (tertiary/aromatic N) is 1. The van der Waals surface area contributed by atoms with Gasteiger partial charge in [-0.3, -0.25) is 0 Å². The first-order valence-corrected chi connectivity index (χ1v) is 5.03. The predicted molar refractivity (Wildman–Crippen MR) is 61.8 cm³/mol. The van der Waals surface area contributed by atoms with Gasteiger partial charge < -0.3 is 20.2 Å². The number of benzene rings is 1. The van der Waals surface area contributed by atoms with Crippen LogP contribution in [-0.4, -0.2) is 24.2 Å². The van der Waals surface area contributed by atoms with Crippen LogP contribution >= 0.6 is 0 Å². The van der Waals surface area contributed by atoms with Gasteiger partial charge in [-0.05, 0) is 19.1 Å². The molecule has 1 heterocycles. The van der Waals surface area contributed by atoms with Gasteiger partial charge in [0, 0.05) is 0 Å². The number of aromatic amines is 1. The fraction of sp³-hybridized carbons (Fsp3) is 0.364. The molecule has 0 saturated carbocycles. The van der Waals surface area contributed by atoms with Gasteiger partial charge >= 0.3 is 0 Å². The molecule has 0 aliphatic carbocycles. The van der Waals surface area contributed by atoms with Gasteiger partial charge in [0.05, 0.1) is 20.3 Å². The Morgan fingerprint density at radius 2 is 1.88 bits per heavy atom. The summed E-state index contributed by atoms with van der Waals surface area (Å²) < 4.78 is 10.5. The fourth-order valence-electron chi connectivity index (χ4n) is 1.61. The minimum atomic E-state index is -0.151. The first kappa shape index (κ1) is 10.8. The van der Waals surface area contributed by atoms with E-state index in [9.17, 15) is 0 Å². The molecule has 0 bridgehead atoms. The van der Waals surface area contributed by atoms with Crippen molar-refractivity contribution in [1.82, 2.24) is 9.97 Å². The Morgan fingerprint density at radius 1 is 1.25 bits per heavy atom. The Balaban J connectivity index is 2.70. The molecule has 5 nitrogen and oxygen atoms in total. The number of nitrogens with one attached hydrogen (secondary N) is 1. The van der Waals surface area contributed by atoms with Crippen LogP contribution in [0.3, 0.4) is 0 Å². The van der Waals surface area contributed by atoms with Gasteiger partial charge in [-0.15, -0.1) is 0 Å². The summed E-state index contributed by atoms with van der Waals surface area (Å²) >= 11 is 0. The molecule has 2 aromatic rings. The van der Waals surface area contributed by atoms with Crippen LogP contribution in [0.4, 0.5) is 0 Å². The first-order valence-electron chi connectivity index (χ1n) is 5.03. The second-order valence-corrected chi connectivity index (χ2v) is 3.60. The standard InChI is InChI=1S/C11H15N3O2/c1-6(12)11-13-9-7(15-2)4-5-8(16-3)10(9)14-11/h4-6H,12H2,1-3H3,(H,13,14). The fourth-order valence-corrected chi connectivity index (χ4v) is 1.61. The summed E-state index contributed by atoms with van der Waals surface area (Å²) in [5, 5.41) is 0. The highest BCUT2D eigenvalue weighted by Crippen LogP contribution is 2.31. The minimum Gasteiger partial charge on any atom is -0.494 e. The smallest absolute Gasteiger partial charge is 0.146 e. The molecule has 3 N–H and O–H groups in total. The minimum absolute atomic E-state index is 0.151. The second kappa shape index (κ2) is 4.02. The van der Waals surface area contributed by atoms with Crippen molar-refractivity contribution in [3.05, 3.63) is 18.0 Å². The van der Waals surface area contributed by atoms with E-state index in [0.717, 1.165) is 22.6 Å². The molecule has 0 fully saturated rings. The highest BCUT2D eigenvalue weighted by atomic mass is 16.5. The van der Waals surface area contributed by atoms with Crippen molar-refractivity contribution in [2.24, 2.45) is 5.73 Å². The number of methoxy groups -OCH3 is 2. The number of rotatable bonds is 3. The van der Waals surface area contributed by atoms with Crippen molar-refractivity contribution in [2.45, 2.75) is 13.0 Å². The molecule has 1 unspecified atom stereocenters. The van der Waals surface area contributed by atoms with Gasteiger partial charge in [0.25, 0.3) is 0 Å². The molecule has 1 atom stereocenters. The van der Waals surface area contributed by atoms with E-state index in [1.165, 1.54) is 0 Å². The highest BCUT2D eigenvalue weighted by Gasteiger charge is 2.14. The average Bonchev–Trinajstić information content (AvgIpc) is 2.72. The van der Waals surface area contributed by atoms with Crippen LogP contribution in [0.15, 0.2) is 12.1 Å². The molecular formula is C11H15N3O2. The van der Waals surface area contributed by atoms with Crippen LogP contribution in [0.5, 0.6) is 11.5 Å².